The number of unbranched alkanes of at least 4 members (excludes halogenated alkanes) is 42. The van der Waals surface area contributed by atoms with Crippen LogP contribution in [-0.4, -0.2) is 96.7 Å². The maximum Gasteiger partial charge on any atom is 0.472 e. The molecule has 3 N–H and O–H groups in total. The molecule has 5 atom stereocenters. The number of hydrogen-bond acceptors (Lipinski definition) is 15. The SMILES string of the molecule is CCCCCC/C=C\C=C/CCCCCCCC(=O)OC[C@H](COP(=O)(O)OC[C@@H](O)COP(=O)(O)OC[C@@H](COC(=O)CCCCCCC)OC(=O)CCCCCCC/C=C\C=C/CCCCCC)OC(=O)CCCCCCCCCCCCCCCCCCCCCCC. The molecule has 0 aliphatic heterocycles. The van der Waals surface area contributed by atoms with Gasteiger partial charge in [-0.3, -0.25) is 37.3 Å². The van der Waals surface area contributed by atoms with Gasteiger partial charge in [-0.15, -0.1) is 0 Å². The van der Waals surface area contributed by atoms with Gasteiger partial charge in [0.1, 0.15) is 19.3 Å². The highest BCUT2D eigenvalue weighted by atomic mass is 31.2. The van der Waals surface area contributed by atoms with Gasteiger partial charge in [0, 0.05) is 25.7 Å². The van der Waals surface area contributed by atoms with Crippen LogP contribution in [0.4, 0.5) is 0 Å². The van der Waals surface area contributed by atoms with Crippen LogP contribution < -0.4 is 0 Å². The number of hydrogen-bond donors (Lipinski definition) is 3. The summed E-state index contributed by atoms with van der Waals surface area (Å²) in [5.41, 5.74) is 0. The van der Waals surface area contributed by atoms with E-state index in [1.807, 2.05) is 0 Å². The number of phosphoric ester groups is 2. The van der Waals surface area contributed by atoms with Crippen molar-refractivity contribution in [1.82, 2.24) is 0 Å². The Morgan fingerprint density at radius 3 is 0.760 bits per heavy atom. The van der Waals surface area contributed by atoms with E-state index in [1.54, 1.807) is 0 Å². The lowest BCUT2D eigenvalue weighted by Crippen LogP contribution is -2.30. The minimum atomic E-state index is -4.97. The molecule has 0 fully saturated rings. The molecule has 0 aromatic rings. The van der Waals surface area contributed by atoms with E-state index >= 15 is 0 Å². The van der Waals surface area contributed by atoms with Crippen molar-refractivity contribution in [3.8, 4) is 0 Å². The van der Waals surface area contributed by atoms with Crippen molar-refractivity contribution in [2.75, 3.05) is 39.6 Å². The molecule has 0 saturated carbocycles. The van der Waals surface area contributed by atoms with Crippen molar-refractivity contribution in [3.05, 3.63) is 48.6 Å². The monoisotopic (exact) mass is 1400 g/mol. The zero-order valence-electron chi connectivity index (χ0n) is 61.3. The van der Waals surface area contributed by atoms with Crippen LogP contribution >= 0.6 is 15.6 Å². The Morgan fingerprint density at radius 1 is 0.292 bits per heavy atom. The van der Waals surface area contributed by atoms with E-state index in [-0.39, 0.29) is 25.7 Å². The van der Waals surface area contributed by atoms with Crippen molar-refractivity contribution in [1.29, 1.82) is 0 Å². The average molecular weight is 1400 g/mol. The number of esters is 4. The highest BCUT2D eigenvalue weighted by Gasteiger charge is 2.30. The molecule has 0 spiro atoms. The summed E-state index contributed by atoms with van der Waals surface area (Å²) in [4.78, 5) is 72.5. The fraction of sp³-hybridized carbons (Fsp3) is 0.844. The van der Waals surface area contributed by atoms with E-state index in [0.29, 0.717) is 25.7 Å². The minimum absolute atomic E-state index is 0.0822. The zero-order valence-corrected chi connectivity index (χ0v) is 63.1. The smallest absolute Gasteiger partial charge is 0.462 e. The van der Waals surface area contributed by atoms with Gasteiger partial charge in [0.15, 0.2) is 12.2 Å². The second-order valence-corrected chi connectivity index (χ2v) is 29.3. The molecule has 2 unspecified atom stereocenters. The van der Waals surface area contributed by atoms with Crippen molar-refractivity contribution in [2.45, 2.75) is 380 Å². The van der Waals surface area contributed by atoms with Crippen LogP contribution in [0.25, 0.3) is 0 Å². The Balaban J connectivity index is 5.18. The van der Waals surface area contributed by atoms with Gasteiger partial charge >= 0.3 is 39.5 Å². The van der Waals surface area contributed by atoms with Gasteiger partial charge in [0.05, 0.1) is 26.4 Å². The Kier molecular flexibility index (Phi) is 68.3. The molecule has 0 aliphatic carbocycles. The Bertz CT molecular complexity index is 2010. The minimum Gasteiger partial charge on any atom is -0.462 e. The third kappa shape index (κ3) is 69.5. The summed E-state index contributed by atoms with van der Waals surface area (Å²) in [6.45, 7) is 4.76. The lowest BCUT2D eigenvalue weighted by atomic mass is 10.0. The van der Waals surface area contributed by atoms with E-state index < -0.39 is 97.5 Å². The van der Waals surface area contributed by atoms with Gasteiger partial charge in [0.2, 0.25) is 0 Å². The molecule has 0 aromatic heterocycles. The maximum atomic E-state index is 13.1. The molecule has 0 aliphatic rings. The molecule has 0 bridgehead atoms. The summed E-state index contributed by atoms with van der Waals surface area (Å²) in [6.07, 6.45) is 67.3. The molecular weight excluding hydrogens is 1260 g/mol. The number of phosphoric acid groups is 2. The van der Waals surface area contributed by atoms with Crippen LogP contribution in [0.2, 0.25) is 0 Å². The number of aliphatic hydroxyl groups is 1. The first-order valence-corrected chi connectivity index (χ1v) is 41.9. The predicted octanol–water partition coefficient (Wildman–Crippen LogP) is 22.1. The van der Waals surface area contributed by atoms with Crippen molar-refractivity contribution in [2.24, 2.45) is 0 Å². The topological polar surface area (TPSA) is 237 Å². The number of aliphatic hydroxyl groups excluding tert-OH is 1. The fourth-order valence-corrected chi connectivity index (χ4v) is 12.4. The molecule has 0 saturated heterocycles. The first-order chi connectivity index (χ1) is 46.7. The molecule has 0 heterocycles. The number of carbonyl (C=O) groups is 4. The molecule has 0 aromatic carbocycles. The van der Waals surface area contributed by atoms with E-state index in [1.165, 1.54) is 154 Å². The van der Waals surface area contributed by atoms with Crippen LogP contribution in [0.15, 0.2) is 48.6 Å². The number of carbonyl (C=O) groups excluding carboxylic acids is 4. The third-order valence-corrected chi connectivity index (χ3v) is 18.8. The summed E-state index contributed by atoms with van der Waals surface area (Å²) in [5, 5.41) is 10.6. The van der Waals surface area contributed by atoms with Crippen molar-refractivity contribution >= 4 is 39.5 Å². The maximum absolute atomic E-state index is 13.1. The highest BCUT2D eigenvalue weighted by Crippen LogP contribution is 2.45. The average Bonchev–Trinajstić information content (AvgIpc) is 1.28. The van der Waals surface area contributed by atoms with E-state index in [2.05, 4.69) is 76.3 Å². The normalized spacial score (nSPS) is 14.2. The van der Waals surface area contributed by atoms with Gasteiger partial charge in [0.25, 0.3) is 0 Å². The summed E-state index contributed by atoms with van der Waals surface area (Å²) in [5.74, 6) is -2.19. The van der Waals surface area contributed by atoms with Crippen LogP contribution in [0.1, 0.15) is 362 Å². The Morgan fingerprint density at radius 2 is 0.500 bits per heavy atom. The largest absolute Gasteiger partial charge is 0.472 e. The van der Waals surface area contributed by atoms with E-state index in [4.69, 9.17) is 37.0 Å². The predicted molar refractivity (Wildman–Crippen MR) is 390 cm³/mol. The quantitative estimate of drug-likeness (QED) is 0.0169. The molecule has 0 amide bonds. The van der Waals surface area contributed by atoms with Crippen LogP contribution in [0.5, 0.6) is 0 Å². The molecular formula is C77H142O17P2. The summed E-state index contributed by atoms with van der Waals surface area (Å²) >= 11 is 0. The highest BCUT2D eigenvalue weighted by molar-refractivity contribution is 7.47. The molecule has 0 radical (unpaired) electrons. The fourth-order valence-electron chi connectivity index (χ4n) is 10.9. The molecule has 19 heteroatoms. The van der Waals surface area contributed by atoms with Crippen molar-refractivity contribution in [3.63, 3.8) is 0 Å². The van der Waals surface area contributed by atoms with Gasteiger partial charge in [-0.2, -0.15) is 0 Å². The van der Waals surface area contributed by atoms with Crippen LogP contribution in [0.3, 0.4) is 0 Å². The summed E-state index contributed by atoms with van der Waals surface area (Å²) in [7, 11) is -9.92. The van der Waals surface area contributed by atoms with Gasteiger partial charge in [-0.1, -0.05) is 307 Å². The number of rotatable bonds is 74. The first-order valence-electron chi connectivity index (χ1n) is 38.9. The van der Waals surface area contributed by atoms with Crippen LogP contribution in [-0.2, 0) is 65.4 Å². The molecule has 17 nitrogen and oxygen atoms in total. The Hall–Kier alpha value is -2.98. The van der Waals surface area contributed by atoms with E-state index in [0.717, 1.165) is 128 Å². The second kappa shape index (κ2) is 70.5. The van der Waals surface area contributed by atoms with Gasteiger partial charge in [-0.05, 0) is 77.0 Å². The first kappa shape index (κ1) is 93.0. The summed E-state index contributed by atoms with van der Waals surface area (Å²) in [6, 6.07) is 0. The third-order valence-electron chi connectivity index (χ3n) is 16.9. The van der Waals surface area contributed by atoms with Crippen molar-refractivity contribution < 1.29 is 80.2 Å². The number of ether oxygens (including phenoxy) is 4. The van der Waals surface area contributed by atoms with Crippen LogP contribution in [0, 0.1) is 0 Å². The summed E-state index contributed by atoms with van der Waals surface area (Å²) < 4.78 is 68.2. The molecule has 562 valence electrons. The molecule has 96 heavy (non-hydrogen) atoms. The van der Waals surface area contributed by atoms with Gasteiger partial charge < -0.3 is 33.8 Å². The lowest BCUT2D eigenvalue weighted by Gasteiger charge is -2.21. The molecule has 0 rings (SSSR count). The number of allylic oxidation sites excluding steroid dienone is 8. The second-order valence-electron chi connectivity index (χ2n) is 26.4. The Labute approximate surface area is 585 Å². The zero-order chi connectivity index (χ0) is 70.4. The van der Waals surface area contributed by atoms with Gasteiger partial charge in [-0.25, -0.2) is 9.13 Å². The van der Waals surface area contributed by atoms with E-state index in [9.17, 15) is 43.2 Å². The standard InChI is InChI=1S/C77H142O17P2/c1-5-9-13-17-20-23-26-29-32-33-34-35-36-37-40-43-46-49-52-56-60-64-77(82)94-73(68-88-75(80)62-58-54-50-47-44-41-38-30-27-24-21-18-14-10-6-2)70-92-96(85,86)90-66-71(78)65-89-95(83,84)91-69-72(67-87-74(79)61-57-53-16-12-8-4)93-76(81)63-59-55-51-48-45-42-39-31-28-25-22-19-15-11-7-3/h24-25,27-28,30-31,38-39,71-73,78H,5-23,26,29,32-37,40-70H2,1-4H3,(H,83,84)(H,85,86)/b27-24-,28-25-,38-30-,39-31-/t71-,72+,73+/m0/s1. The lowest BCUT2D eigenvalue weighted by molar-refractivity contribution is -0.161.